The van der Waals surface area contributed by atoms with Gasteiger partial charge in [-0.15, -0.1) is 5.10 Å². The van der Waals surface area contributed by atoms with Crippen LogP contribution < -0.4 is 15.6 Å². The van der Waals surface area contributed by atoms with E-state index in [4.69, 9.17) is 4.74 Å². The van der Waals surface area contributed by atoms with E-state index in [0.717, 1.165) is 11.6 Å². The number of carbonyl (C=O) groups is 2. The summed E-state index contributed by atoms with van der Waals surface area (Å²) in [5.41, 5.74) is 5.48. The largest absolute Gasteiger partial charge is 0.490 e. The van der Waals surface area contributed by atoms with Gasteiger partial charge < -0.3 is 4.74 Å². The smallest absolute Gasteiger partial charge is 0.311 e. The van der Waals surface area contributed by atoms with Crippen LogP contribution in [0.5, 0.6) is 5.75 Å². The number of methoxy groups -OCH3 is 1. The summed E-state index contributed by atoms with van der Waals surface area (Å²) in [5, 5.41) is 15.5. The molecular formula is C23H18N6O5. The summed E-state index contributed by atoms with van der Waals surface area (Å²) in [5.74, 6) is -1.25. The fourth-order valence-electron chi connectivity index (χ4n) is 3.15. The summed E-state index contributed by atoms with van der Waals surface area (Å²) in [6.45, 7) is 0. The molecule has 0 bridgehead atoms. The second-order valence-corrected chi connectivity index (χ2v) is 6.92. The van der Waals surface area contributed by atoms with Gasteiger partial charge in [0, 0.05) is 17.2 Å². The quantitative estimate of drug-likeness (QED) is 0.334. The minimum Gasteiger partial charge on any atom is -0.490 e. The van der Waals surface area contributed by atoms with Crippen LogP contribution in [0.15, 0.2) is 78.9 Å². The molecule has 0 aliphatic heterocycles. The van der Waals surface area contributed by atoms with Gasteiger partial charge in [-0.1, -0.05) is 48.5 Å². The summed E-state index contributed by atoms with van der Waals surface area (Å²) in [6, 6.07) is 22.1. The molecule has 4 aromatic rings. The zero-order chi connectivity index (χ0) is 24.1. The van der Waals surface area contributed by atoms with Crippen LogP contribution in [0.3, 0.4) is 0 Å². The maximum Gasteiger partial charge on any atom is 0.311 e. The molecule has 11 nitrogen and oxygen atoms in total. The van der Waals surface area contributed by atoms with Gasteiger partial charge in [0.25, 0.3) is 5.91 Å². The van der Waals surface area contributed by atoms with Crippen molar-refractivity contribution in [3.05, 3.63) is 100 Å². The van der Waals surface area contributed by atoms with E-state index in [1.54, 1.807) is 0 Å². The first-order chi connectivity index (χ1) is 16.5. The first-order valence-electron chi connectivity index (χ1n) is 9.99. The Balaban J connectivity index is 1.56. The van der Waals surface area contributed by atoms with Gasteiger partial charge in [-0.25, -0.2) is 9.67 Å². The van der Waals surface area contributed by atoms with Gasteiger partial charge in [-0.05, 0) is 24.3 Å². The normalized spacial score (nSPS) is 10.4. The van der Waals surface area contributed by atoms with Gasteiger partial charge >= 0.3 is 11.6 Å². The molecule has 0 atom stereocenters. The Bertz CT molecular complexity index is 1300. The zero-order valence-corrected chi connectivity index (χ0v) is 17.8. The van der Waals surface area contributed by atoms with E-state index in [9.17, 15) is 19.7 Å². The number of carbonyl (C=O) groups excluding carboxylic acids is 2. The summed E-state index contributed by atoms with van der Waals surface area (Å²) in [6.07, 6.45) is 0. The zero-order valence-electron chi connectivity index (χ0n) is 17.8. The molecule has 0 saturated heterocycles. The number of nitro benzene ring substituents is 1. The summed E-state index contributed by atoms with van der Waals surface area (Å²) in [7, 11) is 1.29. The SMILES string of the molecule is COc1ccc(C(=O)NNC(=O)c2nc(-c3ccccc3)n(-c3ccccc3)n2)cc1[N+](=O)[O-]. The van der Waals surface area contributed by atoms with E-state index >= 15 is 0 Å². The number of hydrogen-bond acceptors (Lipinski definition) is 7. The highest BCUT2D eigenvalue weighted by atomic mass is 16.6. The molecule has 4 rings (SSSR count). The lowest BCUT2D eigenvalue weighted by Crippen LogP contribution is -2.42. The third-order valence-corrected chi connectivity index (χ3v) is 4.77. The van der Waals surface area contributed by atoms with Crippen LogP contribution in [0, 0.1) is 10.1 Å². The van der Waals surface area contributed by atoms with E-state index in [0.29, 0.717) is 11.5 Å². The average molecular weight is 458 g/mol. The lowest BCUT2D eigenvalue weighted by atomic mass is 10.2. The van der Waals surface area contributed by atoms with Gasteiger partial charge in [-0.2, -0.15) is 0 Å². The molecule has 2 N–H and O–H groups in total. The highest BCUT2D eigenvalue weighted by Gasteiger charge is 2.21. The van der Waals surface area contributed by atoms with Crippen LogP contribution in [0.2, 0.25) is 0 Å². The third kappa shape index (κ3) is 4.58. The first-order valence-corrected chi connectivity index (χ1v) is 9.99. The number of para-hydroxylation sites is 1. The lowest BCUT2D eigenvalue weighted by Gasteiger charge is -2.07. The van der Waals surface area contributed by atoms with E-state index in [-0.39, 0.29) is 22.8 Å². The van der Waals surface area contributed by atoms with Crippen molar-refractivity contribution in [3.8, 4) is 22.8 Å². The number of rotatable bonds is 6. The fourth-order valence-corrected chi connectivity index (χ4v) is 3.15. The number of benzene rings is 3. The third-order valence-electron chi connectivity index (χ3n) is 4.77. The van der Waals surface area contributed by atoms with Crippen LogP contribution in [0.25, 0.3) is 17.1 Å². The molecule has 0 spiro atoms. The van der Waals surface area contributed by atoms with E-state index in [2.05, 4.69) is 20.9 Å². The monoisotopic (exact) mass is 458 g/mol. The summed E-state index contributed by atoms with van der Waals surface area (Å²) >= 11 is 0. The van der Waals surface area contributed by atoms with E-state index < -0.39 is 16.7 Å². The molecule has 170 valence electrons. The Labute approximate surface area is 193 Å². The van der Waals surface area contributed by atoms with Crippen molar-refractivity contribution in [2.45, 2.75) is 0 Å². The number of hydrogen-bond donors (Lipinski definition) is 2. The number of aromatic nitrogens is 3. The van der Waals surface area contributed by atoms with Gasteiger partial charge in [0.1, 0.15) is 0 Å². The van der Waals surface area contributed by atoms with Gasteiger partial charge in [-0.3, -0.25) is 30.6 Å². The fraction of sp³-hybridized carbons (Fsp3) is 0.0435. The Morgan fingerprint density at radius 1 is 0.941 bits per heavy atom. The second kappa shape index (κ2) is 9.61. The predicted molar refractivity (Wildman–Crippen MR) is 121 cm³/mol. The van der Waals surface area contributed by atoms with Crippen molar-refractivity contribution >= 4 is 17.5 Å². The van der Waals surface area contributed by atoms with Crippen molar-refractivity contribution in [2.75, 3.05) is 7.11 Å². The highest BCUT2D eigenvalue weighted by molar-refractivity contribution is 5.98. The first kappa shape index (κ1) is 22.1. The minimum atomic E-state index is -0.761. The molecule has 3 aromatic carbocycles. The molecule has 0 fully saturated rings. The molecule has 34 heavy (non-hydrogen) atoms. The maximum absolute atomic E-state index is 12.7. The Kier molecular flexibility index (Phi) is 6.26. The van der Waals surface area contributed by atoms with Gasteiger partial charge in [0.15, 0.2) is 11.6 Å². The van der Waals surface area contributed by atoms with Crippen molar-refractivity contribution in [3.63, 3.8) is 0 Å². The summed E-state index contributed by atoms with van der Waals surface area (Å²) in [4.78, 5) is 40.0. The molecule has 11 heteroatoms. The Morgan fingerprint density at radius 3 is 2.24 bits per heavy atom. The number of nitrogens with zero attached hydrogens (tertiary/aromatic N) is 4. The lowest BCUT2D eigenvalue weighted by molar-refractivity contribution is -0.385. The molecule has 2 amide bonds. The molecule has 0 unspecified atom stereocenters. The van der Waals surface area contributed by atoms with Crippen LogP contribution >= 0.6 is 0 Å². The predicted octanol–water partition coefficient (Wildman–Crippen LogP) is 2.93. The number of ether oxygens (including phenoxy) is 1. The molecule has 0 radical (unpaired) electrons. The minimum absolute atomic E-state index is 0.00896. The Hall–Kier alpha value is -5.06. The van der Waals surface area contributed by atoms with Crippen molar-refractivity contribution in [1.82, 2.24) is 25.6 Å². The highest BCUT2D eigenvalue weighted by Crippen LogP contribution is 2.27. The number of hydrazine groups is 1. The molecule has 0 saturated carbocycles. The van der Waals surface area contributed by atoms with Crippen molar-refractivity contribution in [1.29, 1.82) is 0 Å². The molecular weight excluding hydrogens is 440 g/mol. The van der Waals surface area contributed by atoms with E-state index in [1.807, 2.05) is 60.7 Å². The molecule has 1 aromatic heterocycles. The number of nitro groups is 1. The molecule has 0 aliphatic rings. The van der Waals surface area contributed by atoms with Gasteiger partial charge in [0.2, 0.25) is 5.82 Å². The molecule has 1 heterocycles. The topological polar surface area (TPSA) is 141 Å². The molecule has 0 aliphatic carbocycles. The Morgan fingerprint density at radius 2 is 1.59 bits per heavy atom. The summed E-state index contributed by atoms with van der Waals surface area (Å²) < 4.78 is 6.45. The van der Waals surface area contributed by atoms with Crippen LogP contribution in [-0.2, 0) is 0 Å². The maximum atomic E-state index is 12.7. The van der Waals surface area contributed by atoms with Crippen molar-refractivity contribution < 1.29 is 19.2 Å². The number of amides is 2. The average Bonchev–Trinajstić information content (AvgIpc) is 3.33. The van der Waals surface area contributed by atoms with Gasteiger partial charge in [0.05, 0.1) is 17.7 Å². The van der Waals surface area contributed by atoms with Crippen molar-refractivity contribution in [2.24, 2.45) is 0 Å². The number of nitrogens with one attached hydrogen (secondary N) is 2. The van der Waals surface area contributed by atoms with Crippen LogP contribution in [-0.4, -0.2) is 38.6 Å². The van der Waals surface area contributed by atoms with E-state index in [1.165, 1.54) is 23.9 Å². The van der Waals surface area contributed by atoms with Crippen LogP contribution in [0.4, 0.5) is 5.69 Å². The standard InChI is InChI=1S/C23H18N6O5/c1-34-19-13-12-16(14-18(19)29(32)33)22(30)25-26-23(31)20-24-21(15-8-4-2-5-9-15)28(27-20)17-10-6-3-7-11-17/h2-14H,1H3,(H,25,30)(H,26,31). The second-order valence-electron chi connectivity index (χ2n) is 6.92. The van der Waals surface area contributed by atoms with Crippen LogP contribution in [0.1, 0.15) is 21.0 Å².